The van der Waals surface area contributed by atoms with Crippen molar-refractivity contribution in [3.05, 3.63) is 0 Å². The fraction of sp³-hybridized carbons (Fsp3) is 0.923. The Hall–Kier alpha value is -0.570. The second-order valence-electron chi connectivity index (χ2n) is 4.93. The highest BCUT2D eigenvalue weighted by Gasteiger charge is 2.16. The van der Waals surface area contributed by atoms with E-state index in [1.807, 2.05) is 6.92 Å². The summed E-state index contributed by atoms with van der Waals surface area (Å²) >= 11 is 0. The Labute approximate surface area is 98.6 Å². The summed E-state index contributed by atoms with van der Waals surface area (Å²) in [5.41, 5.74) is 0. The van der Waals surface area contributed by atoms with Gasteiger partial charge in [-0.05, 0) is 31.7 Å². The fourth-order valence-corrected chi connectivity index (χ4v) is 2.57. The Kier molecular flexibility index (Phi) is 6.46. The third-order valence-corrected chi connectivity index (χ3v) is 3.53. The molecule has 0 heterocycles. The van der Waals surface area contributed by atoms with Crippen molar-refractivity contribution in [2.24, 2.45) is 5.92 Å². The average Bonchev–Trinajstić information content (AvgIpc) is 2.75. The molecule has 1 aliphatic rings. The van der Waals surface area contributed by atoms with Crippen LogP contribution < -0.4 is 5.32 Å². The van der Waals surface area contributed by atoms with Gasteiger partial charge in [0.25, 0.3) is 0 Å². The van der Waals surface area contributed by atoms with Gasteiger partial charge in [-0.15, -0.1) is 0 Å². The Balaban J connectivity index is 2.05. The van der Waals surface area contributed by atoms with Gasteiger partial charge in [0, 0.05) is 0 Å². The largest absolute Gasteiger partial charge is 0.480 e. The molecule has 1 unspecified atom stereocenters. The third kappa shape index (κ3) is 4.97. The number of carbonyl (C=O) groups is 1. The highest BCUT2D eigenvalue weighted by molar-refractivity contribution is 5.73. The molecule has 1 saturated carbocycles. The normalized spacial score (nSPS) is 18.8. The minimum atomic E-state index is -0.706. The summed E-state index contributed by atoms with van der Waals surface area (Å²) in [5.74, 6) is 0.207. The van der Waals surface area contributed by atoms with E-state index in [-0.39, 0.29) is 6.04 Å². The van der Waals surface area contributed by atoms with Crippen LogP contribution in [0.1, 0.15) is 58.3 Å². The molecule has 0 aliphatic heterocycles. The summed E-state index contributed by atoms with van der Waals surface area (Å²) < 4.78 is 0. The fourth-order valence-electron chi connectivity index (χ4n) is 2.57. The molecule has 0 spiro atoms. The van der Waals surface area contributed by atoms with Crippen LogP contribution in [-0.4, -0.2) is 23.7 Å². The first-order valence-electron chi connectivity index (χ1n) is 6.70. The molecule has 0 aromatic heterocycles. The van der Waals surface area contributed by atoms with Crippen LogP contribution in [0.3, 0.4) is 0 Å². The van der Waals surface area contributed by atoms with Crippen LogP contribution in [0.2, 0.25) is 0 Å². The smallest absolute Gasteiger partial charge is 0.320 e. The maximum atomic E-state index is 10.9. The second-order valence-corrected chi connectivity index (χ2v) is 4.93. The number of carboxylic acids is 1. The van der Waals surface area contributed by atoms with Gasteiger partial charge < -0.3 is 10.4 Å². The first kappa shape index (κ1) is 13.5. The van der Waals surface area contributed by atoms with Crippen LogP contribution in [0.5, 0.6) is 0 Å². The van der Waals surface area contributed by atoms with E-state index >= 15 is 0 Å². The monoisotopic (exact) mass is 227 g/mol. The van der Waals surface area contributed by atoms with Crippen molar-refractivity contribution in [2.45, 2.75) is 64.3 Å². The van der Waals surface area contributed by atoms with E-state index in [0.29, 0.717) is 0 Å². The summed E-state index contributed by atoms with van der Waals surface area (Å²) in [5, 5.41) is 12.1. The molecular formula is C13H25NO2. The maximum Gasteiger partial charge on any atom is 0.320 e. The van der Waals surface area contributed by atoms with Crippen molar-refractivity contribution in [3.8, 4) is 0 Å². The molecule has 0 radical (unpaired) electrons. The predicted molar refractivity (Wildman–Crippen MR) is 65.5 cm³/mol. The van der Waals surface area contributed by atoms with E-state index in [0.717, 1.165) is 31.7 Å². The number of carboxylic acid groups (broad SMARTS) is 1. The zero-order valence-electron chi connectivity index (χ0n) is 10.4. The van der Waals surface area contributed by atoms with Crippen LogP contribution in [0, 0.1) is 5.92 Å². The van der Waals surface area contributed by atoms with Gasteiger partial charge in [0.1, 0.15) is 6.04 Å². The molecule has 2 N–H and O–H groups in total. The van der Waals surface area contributed by atoms with Gasteiger partial charge in [-0.2, -0.15) is 0 Å². The van der Waals surface area contributed by atoms with Gasteiger partial charge in [-0.1, -0.05) is 39.0 Å². The van der Waals surface area contributed by atoms with Crippen LogP contribution in [-0.2, 0) is 4.79 Å². The van der Waals surface area contributed by atoms with Gasteiger partial charge in [0.05, 0.1) is 0 Å². The van der Waals surface area contributed by atoms with Crippen LogP contribution in [0.15, 0.2) is 0 Å². The highest BCUT2D eigenvalue weighted by Crippen LogP contribution is 2.28. The summed E-state index contributed by atoms with van der Waals surface area (Å²) in [6.45, 7) is 2.88. The zero-order valence-corrected chi connectivity index (χ0v) is 10.4. The van der Waals surface area contributed by atoms with E-state index in [2.05, 4.69) is 5.32 Å². The molecule has 1 rings (SSSR count). The Morgan fingerprint density at radius 1 is 1.44 bits per heavy atom. The molecular weight excluding hydrogens is 202 g/mol. The number of hydrogen-bond donors (Lipinski definition) is 2. The number of nitrogens with one attached hydrogen (secondary N) is 1. The van der Waals surface area contributed by atoms with E-state index in [4.69, 9.17) is 5.11 Å². The van der Waals surface area contributed by atoms with Gasteiger partial charge in [0.2, 0.25) is 0 Å². The number of hydrogen-bond acceptors (Lipinski definition) is 2. The molecule has 0 saturated heterocycles. The summed E-state index contributed by atoms with van der Waals surface area (Å²) in [6, 6.07) is -0.339. The Bertz CT molecular complexity index is 200. The van der Waals surface area contributed by atoms with Crippen molar-refractivity contribution >= 4 is 5.97 Å². The first-order valence-corrected chi connectivity index (χ1v) is 6.70. The van der Waals surface area contributed by atoms with Crippen molar-refractivity contribution < 1.29 is 9.90 Å². The summed E-state index contributed by atoms with van der Waals surface area (Å²) in [4.78, 5) is 10.9. The van der Waals surface area contributed by atoms with Crippen molar-refractivity contribution in [1.29, 1.82) is 0 Å². The summed E-state index contributed by atoms with van der Waals surface area (Å²) in [6.07, 6.45) is 9.61. The van der Waals surface area contributed by atoms with Crippen molar-refractivity contribution in [3.63, 3.8) is 0 Å². The lowest BCUT2D eigenvalue weighted by Crippen LogP contribution is -2.37. The Morgan fingerprint density at radius 3 is 2.69 bits per heavy atom. The SMILES string of the molecule is CCCC(NCCCC1CCCC1)C(=O)O. The van der Waals surface area contributed by atoms with Gasteiger partial charge >= 0.3 is 5.97 Å². The molecule has 16 heavy (non-hydrogen) atoms. The lowest BCUT2D eigenvalue weighted by Gasteiger charge is -2.14. The molecule has 1 fully saturated rings. The van der Waals surface area contributed by atoms with Gasteiger partial charge in [-0.25, -0.2) is 0 Å². The molecule has 3 nitrogen and oxygen atoms in total. The van der Waals surface area contributed by atoms with Gasteiger partial charge in [-0.3, -0.25) is 4.79 Å². The van der Waals surface area contributed by atoms with E-state index in [1.165, 1.54) is 32.1 Å². The minimum absolute atomic E-state index is 0.339. The standard InChI is InChI=1S/C13H25NO2/c1-2-6-12(13(15)16)14-10-5-9-11-7-3-4-8-11/h11-12,14H,2-10H2,1H3,(H,15,16). The van der Waals surface area contributed by atoms with Crippen LogP contribution >= 0.6 is 0 Å². The quantitative estimate of drug-likeness (QED) is 0.627. The Morgan fingerprint density at radius 2 is 2.12 bits per heavy atom. The van der Waals surface area contributed by atoms with E-state index in [1.54, 1.807) is 0 Å². The molecule has 1 aliphatic carbocycles. The minimum Gasteiger partial charge on any atom is -0.480 e. The zero-order chi connectivity index (χ0) is 11.8. The summed E-state index contributed by atoms with van der Waals surface area (Å²) in [7, 11) is 0. The second kappa shape index (κ2) is 7.66. The van der Waals surface area contributed by atoms with Gasteiger partial charge in [0.15, 0.2) is 0 Å². The molecule has 0 aromatic rings. The first-order chi connectivity index (χ1) is 7.74. The topological polar surface area (TPSA) is 49.3 Å². The molecule has 0 bridgehead atoms. The number of rotatable bonds is 8. The molecule has 0 aromatic carbocycles. The molecule has 94 valence electrons. The van der Waals surface area contributed by atoms with Crippen molar-refractivity contribution in [1.82, 2.24) is 5.32 Å². The molecule has 3 heteroatoms. The van der Waals surface area contributed by atoms with Crippen LogP contribution in [0.25, 0.3) is 0 Å². The highest BCUT2D eigenvalue weighted by atomic mass is 16.4. The van der Waals surface area contributed by atoms with Crippen LogP contribution in [0.4, 0.5) is 0 Å². The predicted octanol–water partition coefficient (Wildman–Crippen LogP) is 2.80. The average molecular weight is 227 g/mol. The number of aliphatic carboxylic acids is 1. The lowest BCUT2D eigenvalue weighted by atomic mass is 10.0. The third-order valence-electron chi connectivity index (χ3n) is 3.53. The van der Waals surface area contributed by atoms with Crippen molar-refractivity contribution in [2.75, 3.05) is 6.54 Å². The van der Waals surface area contributed by atoms with E-state index in [9.17, 15) is 4.79 Å². The lowest BCUT2D eigenvalue weighted by molar-refractivity contribution is -0.139. The molecule has 1 atom stereocenters. The maximum absolute atomic E-state index is 10.9. The van der Waals surface area contributed by atoms with E-state index < -0.39 is 5.97 Å². The molecule has 0 amide bonds.